The van der Waals surface area contributed by atoms with Crippen molar-refractivity contribution >= 4 is 34.2 Å². The monoisotopic (exact) mass is 381 g/mol. The number of nitrogens with zero attached hydrogens (tertiary/aromatic N) is 3. The van der Waals surface area contributed by atoms with Crippen molar-refractivity contribution in [2.24, 2.45) is 15.0 Å². The molecule has 0 spiro atoms. The molecule has 0 aromatic heterocycles. The van der Waals surface area contributed by atoms with E-state index in [4.69, 9.17) is 15.0 Å². The number of rotatable bonds is 0. The van der Waals surface area contributed by atoms with Gasteiger partial charge in [0.1, 0.15) is 0 Å². The summed E-state index contributed by atoms with van der Waals surface area (Å²) in [7, 11) is 0. The summed E-state index contributed by atoms with van der Waals surface area (Å²) in [5.41, 5.74) is 12.5. The molecule has 3 aromatic carbocycles. The molecule has 3 nitrogen and oxygen atoms in total. The molecule has 0 fully saturated rings. The quantitative estimate of drug-likeness (QED) is 0.491. The number of hydrogen-bond acceptors (Lipinski definition) is 3. The van der Waals surface area contributed by atoms with Crippen LogP contribution < -0.4 is 0 Å². The highest BCUT2D eigenvalue weighted by molar-refractivity contribution is 6.28. The van der Waals surface area contributed by atoms with Gasteiger partial charge in [-0.2, -0.15) is 0 Å². The third-order valence-electron chi connectivity index (χ3n) is 5.98. The van der Waals surface area contributed by atoms with Crippen LogP contribution in [0.1, 0.15) is 33.4 Å². The Morgan fingerprint density at radius 2 is 0.600 bits per heavy atom. The summed E-state index contributed by atoms with van der Waals surface area (Å²) in [4.78, 5) is 15.0. The van der Waals surface area contributed by atoms with E-state index in [1.54, 1.807) is 0 Å². The molecule has 0 amide bonds. The van der Waals surface area contributed by atoms with E-state index in [2.05, 4.69) is 91.0 Å². The summed E-state index contributed by atoms with van der Waals surface area (Å²) in [6.45, 7) is 0. The molecule has 0 saturated carbocycles. The molecule has 3 aromatic rings. The standard InChI is InChI=1S/C27H15N3/c1-2-8-17-16(7-1)22-13-24-18-9-3-4-10-19(18)26(29-24)15-27-21-12-6-5-11-20(21)25(30-27)14-23(17)28-22/h1-15H. The lowest BCUT2D eigenvalue weighted by Crippen LogP contribution is -1.95. The van der Waals surface area contributed by atoms with Crippen molar-refractivity contribution in [3.63, 3.8) is 0 Å². The largest absolute Gasteiger partial charge is 0.248 e. The molecule has 4 aliphatic rings. The highest BCUT2D eigenvalue weighted by Gasteiger charge is 2.27. The Balaban J connectivity index is 1.59. The normalized spacial score (nSPS) is 17.2. The van der Waals surface area contributed by atoms with E-state index in [1.165, 1.54) is 0 Å². The minimum Gasteiger partial charge on any atom is -0.248 e. The minimum atomic E-state index is 0.948. The van der Waals surface area contributed by atoms with Crippen molar-refractivity contribution in [2.75, 3.05) is 0 Å². The first-order valence-corrected chi connectivity index (χ1v) is 10.1. The van der Waals surface area contributed by atoms with Crippen LogP contribution in [-0.4, -0.2) is 17.1 Å². The van der Waals surface area contributed by atoms with E-state index in [0.29, 0.717) is 0 Å². The summed E-state index contributed by atoms with van der Waals surface area (Å²) >= 11 is 0. The van der Waals surface area contributed by atoms with Crippen molar-refractivity contribution in [1.29, 1.82) is 0 Å². The van der Waals surface area contributed by atoms with Gasteiger partial charge in [-0.25, -0.2) is 15.0 Å². The lowest BCUT2D eigenvalue weighted by molar-refractivity contribution is 1.56. The lowest BCUT2D eigenvalue weighted by atomic mass is 10.0. The first-order valence-electron chi connectivity index (χ1n) is 10.1. The number of hydrogen-bond donors (Lipinski definition) is 0. The van der Waals surface area contributed by atoms with E-state index >= 15 is 0 Å². The maximum atomic E-state index is 5.00. The van der Waals surface area contributed by atoms with Crippen LogP contribution in [0.4, 0.5) is 0 Å². The molecular weight excluding hydrogens is 366 g/mol. The predicted molar refractivity (Wildman–Crippen MR) is 123 cm³/mol. The molecule has 0 atom stereocenters. The zero-order valence-electron chi connectivity index (χ0n) is 16.0. The topological polar surface area (TPSA) is 37.1 Å². The zero-order chi connectivity index (χ0) is 19.7. The Morgan fingerprint density at radius 1 is 0.333 bits per heavy atom. The molecule has 0 aliphatic carbocycles. The minimum absolute atomic E-state index is 0.948. The van der Waals surface area contributed by atoms with Gasteiger partial charge in [0.05, 0.1) is 34.2 Å². The summed E-state index contributed by atoms with van der Waals surface area (Å²) < 4.78 is 0. The van der Waals surface area contributed by atoms with Gasteiger partial charge in [-0.3, -0.25) is 0 Å². The van der Waals surface area contributed by atoms with E-state index in [0.717, 1.165) is 67.6 Å². The number of allylic oxidation sites excluding steroid dienone is 3. The number of aliphatic imine (C=N–C) groups is 3. The van der Waals surface area contributed by atoms with Crippen LogP contribution in [0.2, 0.25) is 0 Å². The first kappa shape index (κ1) is 15.8. The second kappa shape index (κ2) is 5.71. The molecular formula is C27H15N3. The summed E-state index contributed by atoms with van der Waals surface area (Å²) in [6.07, 6.45) is 6.34. The Kier molecular flexibility index (Phi) is 3.00. The maximum Gasteiger partial charge on any atom is 0.0738 e. The molecule has 7 rings (SSSR count). The van der Waals surface area contributed by atoms with Crippen LogP contribution in [0.15, 0.2) is 106 Å². The third-order valence-corrected chi connectivity index (χ3v) is 5.98. The van der Waals surface area contributed by atoms with Gasteiger partial charge in [0.2, 0.25) is 0 Å². The highest BCUT2D eigenvalue weighted by atomic mass is 14.9. The van der Waals surface area contributed by atoms with Gasteiger partial charge in [-0.15, -0.1) is 0 Å². The van der Waals surface area contributed by atoms with Gasteiger partial charge in [0.25, 0.3) is 0 Å². The molecule has 0 radical (unpaired) electrons. The molecule has 0 N–H and O–H groups in total. The second-order valence-corrected chi connectivity index (χ2v) is 7.72. The Hall–Kier alpha value is -4.11. The van der Waals surface area contributed by atoms with Crippen molar-refractivity contribution in [3.05, 3.63) is 124 Å². The fraction of sp³-hybridized carbons (Fsp3) is 0. The van der Waals surface area contributed by atoms with Gasteiger partial charge in [0, 0.05) is 33.4 Å². The van der Waals surface area contributed by atoms with Gasteiger partial charge in [-0.05, 0) is 18.2 Å². The van der Waals surface area contributed by atoms with Crippen LogP contribution in [0.3, 0.4) is 0 Å². The summed E-state index contributed by atoms with van der Waals surface area (Å²) in [5, 5.41) is 0. The summed E-state index contributed by atoms with van der Waals surface area (Å²) in [6, 6.07) is 25.2. The van der Waals surface area contributed by atoms with Crippen molar-refractivity contribution in [3.8, 4) is 0 Å². The van der Waals surface area contributed by atoms with E-state index < -0.39 is 0 Å². The lowest BCUT2D eigenvalue weighted by Gasteiger charge is -2.02. The third kappa shape index (κ3) is 2.12. The molecule has 30 heavy (non-hydrogen) atoms. The molecule has 4 heterocycles. The molecule has 0 saturated heterocycles. The van der Waals surface area contributed by atoms with Gasteiger partial charge < -0.3 is 0 Å². The Bertz CT molecular complexity index is 1280. The zero-order valence-corrected chi connectivity index (χ0v) is 16.0. The van der Waals surface area contributed by atoms with Crippen molar-refractivity contribution in [2.45, 2.75) is 0 Å². The van der Waals surface area contributed by atoms with Gasteiger partial charge in [-0.1, -0.05) is 72.8 Å². The van der Waals surface area contributed by atoms with E-state index in [9.17, 15) is 0 Å². The Labute approximate surface area is 173 Å². The van der Waals surface area contributed by atoms with Gasteiger partial charge in [0.15, 0.2) is 0 Å². The van der Waals surface area contributed by atoms with Crippen LogP contribution in [0.5, 0.6) is 0 Å². The van der Waals surface area contributed by atoms with E-state index in [-0.39, 0.29) is 0 Å². The van der Waals surface area contributed by atoms with Crippen LogP contribution >= 0.6 is 0 Å². The Morgan fingerprint density at radius 3 is 0.900 bits per heavy atom. The number of fused-ring (bicyclic) bond motifs is 12. The highest BCUT2D eigenvalue weighted by Crippen LogP contribution is 2.38. The fourth-order valence-electron chi connectivity index (χ4n) is 4.59. The SMILES string of the molecule is C1=C2N=C(C=C3N=C(C=C4N=C1c1ccccc14)c1ccccc13)c1ccccc12. The average Bonchev–Trinajstić information content (AvgIpc) is 3.43. The molecule has 0 unspecified atom stereocenters. The predicted octanol–water partition coefficient (Wildman–Crippen LogP) is 5.53. The average molecular weight is 381 g/mol. The molecule has 3 heteroatoms. The smallest absolute Gasteiger partial charge is 0.0738 e. The van der Waals surface area contributed by atoms with Crippen LogP contribution in [-0.2, 0) is 0 Å². The van der Waals surface area contributed by atoms with Crippen LogP contribution in [0, 0.1) is 0 Å². The number of benzene rings is 3. The first-order chi connectivity index (χ1) is 14.8. The van der Waals surface area contributed by atoms with Crippen LogP contribution in [0.25, 0.3) is 17.1 Å². The maximum absolute atomic E-state index is 5.00. The van der Waals surface area contributed by atoms with Crippen molar-refractivity contribution < 1.29 is 0 Å². The second-order valence-electron chi connectivity index (χ2n) is 7.72. The molecule has 138 valence electrons. The van der Waals surface area contributed by atoms with Crippen molar-refractivity contribution in [1.82, 2.24) is 0 Å². The molecule has 4 aliphatic heterocycles. The van der Waals surface area contributed by atoms with Gasteiger partial charge >= 0.3 is 0 Å². The molecule has 6 bridgehead atoms. The fourth-order valence-corrected chi connectivity index (χ4v) is 4.59. The summed E-state index contributed by atoms with van der Waals surface area (Å²) in [5.74, 6) is 0. The van der Waals surface area contributed by atoms with E-state index in [1.807, 2.05) is 0 Å².